The van der Waals surface area contributed by atoms with E-state index in [2.05, 4.69) is 35.7 Å². The van der Waals surface area contributed by atoms with Crippen LogP contribution in [0.1, 0.15) is 0 Å². The molecule has 0 unspecified atom stereocenters. The van der Waals surface area contributed by atoms with Crippen LogP contribution in [0.5, 0.6) is 5.75 Å². The third-order valence-corrected chi connectivity index (χ3v) is 5.77. The van der Waals surface area contributed by atoms with E-state index in [1.54, 1.807) is 25.3 Å². The van der Waals surface area contributed by atoms with Crippen molar-refractivity contribution in [3.05, 3.63) is 57.8 Å². The SMILES string of the molecule is COc1c(Cl)cccc1Nc1cc(Nc2cccc(N3CC(OC)C3)n2)nc2[nH][nH]c(=O)c12. The number of methoxy groups -OCH3 is 2. The monoisotopic (exact) mass is 467 g/mol. The standard InChI is InChI=1S/C22H22ClN7O3/c1-32-12-10-30(11-12)18-8-4-7-16(26-18)25-17-9-15(19-21(27-17)28-29-22(19)31)24-14-6-3-5-13(23)20(14)33-2/h3-9,12H,10-11H2,1-2H3,(H4,24,25,26,27,28,29,31). The van der Waals surface area contributed by atoms with E-state index in [4.69, 9.17) is 21.1 Å². The van der Waals surface area contributed by atoms with Crippen LogP contribution in [0.15, 0.2) is 47.3 Å². The summed E-state index contributed by atoms with van der Waals surface area (Å²) in [7, 11) is 3.25. The zero-order valence-electron chi connectivity index (χ0n) is 18.0. The van der Waals surface area contributed by atoms with Gasteiger partial charge in [-0.25, -0.2) is 9.97 Å². The van der Waals surface area contributed by atoms with E-state index in [1.165, 1.54) is 7.11 Å². The highest BCUT2D eigenvalue weighted by Gasteiger charge is 2.27. The zero-order valence-corrected chi connectivity index (χ0v) is 18.7. The first-order valence-corrected chi connectivity index (χ1v) is 10.7. The summed E-state index contributed by atoms with van der Waals surface area (Å²) in [5.74, 6) is 2.46. The molecule has 4 N–H and O–H groups in total. The number of hydrogen-bond donors (Lipinski definition) is 4. The van der Waals surface area contributed by atoms with Crippen molar-refractivity contribution < 1.29 is 9.47 Å². The normalized spacial score (nSPS) is 13.7. The van der Waals surface area contributed by atoms with Crippen molar-refractivity contribution in [1.82, 2.24) is 20.2 Å². The van der Waals surface area contributed by atoms with Crippen LogP contribution in [0.4, 0.5) is 28.8 Å². The molecule has 0 bridgehead atoms. The fourth-order valence-corrected chi connectivity index (χ4v) is 3.99. The Morgan fingerprint density at radius 2 is 1.85 bits per heavy atom. The molecule has 1 aliphatic heterocycles. The lowest BCUT2D eigenvalue weighted by atomic mass is 10.1. The van der Waals surface area contributed by atoms with Crippen LogP contribution < -0.4 is 25.8 Å². The van der Waals surface area contributed by atoms with Crippen LogP contribution in [0, 0.1) is 0 Å². The molecule has 0 atom stereocenters. The van der Waals surface area contributed by atoms with Crippen LogP contribution in [0.3, 0.4) is 0 Å². The lowest BCUT2D eigenvalue weighted by Gasteiger charge is -2.39. The van der Waals surface area contributed by atoms with Gasteiger partial charge in [0.05, 0.1) is 29.6 Å². The van der Waals surface area contributed by atoms with E-state index in [1.807, 2.05) is 24.3 Å². The molecule has 1 aromatic carbocycles. The van der Waals surface area contributed by atoms with Crippen LogP contribution in [0.2, 0.25) is 5.02 Å². The zero-order chi connectivity index (χ0) is 22.9. The Balaban J connectivity index is 1.47. The summed E-state index contributed by atoms with van der Waals surface area (Å²) in [6.07, 6.45) is 0.231. The van der Waals surface area contributed by atoms with E-state index < -0.39 is 0 Å². The van der Waals surface area contributed by atoms with E-state index >= 15 is 0 Å². The summed E-state index contributed by atoms with van der Waals surface area (Å²) in [5, 5.41) is 12.7. The van der Waals surface area contributed by atoms with Crippen molar-refractivity contribution >= 4 is 51.5 Å². The number of aromatic amines is 2. The van der Waals surface area contributed by atoms with Gasteiger partial charge in [-0.3, -0.25) is 15.0 Å². The number of rotatable bonds is 7. The topological polar surface area (TPSA) is 120 Å². The largest absolute Gasteiger partial charge is 0.493 e. The van der Waals surface area contributed by atoms with Crippen LogP contribution in [-0.2, 0) is 4.74 Å². The van der Waals surface area contributed by atoms with Gasteiger partial charge in [-0.15, -0.1) is 0 Å². The van der Waals surface area contributed by atoms with Crippen molar-refractivity contribution in [2.75, 3.05) is 42.8 Å². The molecule has 4 heterocycles. The van der Waals surface area contributed by atoms with Gasteiger partial charge >= 0.3 is 0 Å². The van der Waals surface area contributed by atoms with Gasteiger partial charge in [-0.1, -0.05) is 23.7 Å². The lowest BCUT2D eigenvalue weighted by Crippen LogP contribution is -2.52. The molecule has 1 aliphatic rings. The quantitative estimate of drug-likeness (QED) is 0.325. The Morgan fingerprint density at radius 3 is 2.64 bits per heavy atom. The minimum atomic E-state index is -0.293. The van der Waals surface area contributed by atoms with E-state index in [0.717, 1.165) is 18.9 Å². The third-order valence-electron chi connectivity index (χ3n) is 5.48. The highest BCUT2D eigenvalue weighted by molar-refractivity contribution is 6.32. The molecule has 3 aromatic heterocycles. The van der Waals surface area contributed by atoms with Crippen molar-refractivity contribution in [1.29, 1.82) is 0 Å². The van der Waals surface area contributed by atoms with E-state index in [0.29, 0.717) is 44.8 Å². The van der Waals surface area contributed by atoms with Crippen LogP contribution in [0.25, 0.3) is 11.0 Å². The molecule has 1 fully saturated rings. The number of nitrogens with one attached hydrogen (secondary N) is 4. The second kappa shape index (κ2) is 8.64. The number of hydrogen-bond acceptors (Lipinski definition) is 8. The second-order valence-electron chi connectivity index (χ2n) is 7.57. The number of benzene rings is 1. The maximum absolute atomic E-state index is 12.4. The van der Waals surface area contributed by atoms with Gasteiger partial charge in [0.25, 0.3) is 5.56 Å². The molecule has 33 heavy (non-hydrogen) atoms. The number of anilines is 5. The predicted molar refractivity (Wildman–Crippen MR) is 129 cm³/mol. The molecule has 0 amide bonds. The number of nitrogens with zero attached hydrogens (tertiary/aromatic N) is 3. The minimum absolute atomic E-state index is 0.231. The first kappa shape index (κ1) is 21.1. The number of fused-ring (bicyclic) bond motifs is 1. The molecule has 0 aliphatic carbocycles. The molecule has 5 rings (SSSR count). The average molecular weight is 468 g/mol. The maximum atomic E-state index is 12.4. The average Bonchev–Trinajstić information content (AvgIpc) is 3.14. The Labute approximate surface area is 193 Å². The molecular weight excluding hydrogens is 446 g/mol. The fraction of sp³-hybridized carbons (Fsp3) is 0.227. The van der Waals surface area contributed by atoms with Crippen LogP contribution in [-0.4, -0.2) is 53.6 Å². The van der Waals surface area contributed by atoms with Gasteiger partial charge in [0, 0.05) is 26.3 Å². The predicted octanol–water partition coefficient (Wildman–Crippen LogP) is 3.63. The van der Waals surface area contributed by atoms with Crippen molar-refractivity contribution in [2.45, 2.75) is 6.10 Å². The van der Waals surface area contributed by atoms with Gasteiger partial charge in [0.15, 0.2) is 11.4 Å². The second-order valence-corrected chi connectivity index (χ2v) is 7.98. The van der Waals surface area contributed by atoms with Gasteiger partial charge in [-0.05, 0) is 24.3 Å². The van der Waals surface area contributed by atoms with Gasteiger partial charge < -0.3 is 25.0 Å². The third kappa shape index (κ3) is 4.06. The van der Waals surface area contributed by atoms with Gasteiger partial charge in [-0.2, -0.15) is 0 Å². The molecule has 170 valence electrons. The molecule has 4 aromatic rings. The van der Waals surface area contributed by atoms with Crippen molar-refractivity contribution in [2.24, 2.45) is 0 Å². The van der Waals surface area contributed by atoms with Gasteiger partial charge in [0.1, 0.15) is 22.8 Å². The number of aromatic nitrogens is 4. The Kier molecular flexibility index (Phi) is 5.53. The minimum Gasteiger partial charge on any atom is -0.493 e. The first-order chi connectivity index (χ1) is 16.1. The Bertz CT molecular complexity index is 1360. The van der Waals surface area contributed by atoms with E-state index in [-0.39, 0.29) is 11.7 Å². The number of ether oxygens (including phenoxy) is 2. The maximum Gasteiger partial charge on any atom is 0.275 e. The molecule has 0 spiro atoms. The number of pyridine rings is 2. The molecule has 10 nitrogen and oxygen atoms in total. The number of halogens is 1. The Hall–Kier alpha value is -3.76. The molecule has 0 saturated carbocycles. The van der Waals surface area contributed by atoms with E-state index in [9.17, 15) is 4.79 Å². The van der Waals surface area contributed by atoms with Crippen LogP contribution >= 0.6 is 11.6 Å². The Morgan fingerprint density at radius 1 is 1.03 bits per heavy atom. The summed E-state index contributed by atoms with van der Waals surface area (Å²) in [6, 6.07) is 12.8. The lowest BCUT2D eigenvalue weighted by molar-refractivity contribution is 0.0783. The summed E-state index contributed by atoms with van der Waals surface area (Å²) >= 11 is 6.25. The number of H-pyrrole nitrogens is 2. The molecular formula is C22H22ClN7O3. The molecule has 0 radical (unpaired) electrons. The highest BCUT2D eigenvalue weighted by atomic mass is 35.5. The van der Waals surface area contributed by atoms with Gasteiger partial charge in [0.2, 0.25) is 0 Å². The molecule has 11 heteroatoms. The number of para-hydroxylation sites is 1. The summed E-state index contributed by atoms with van der Waals surface area (Å²) in [4.78, 5) is 23.8. The van der Waals surface area contributed by atoms with Crippen molar-refractivity contribution in [3.8, 4) is 5.75 Å². The fourth-order valence-electron chi connectivity index (χ4n) is 3.74. The highest BCUT2D eigenvalue weighted by Crippen LogP contribution is 2.36. The molecule has 1 saturated heterocycles. The summed E-state index contributed by atoms with van der Waals surface area (Å²) < 4.78 is 10.8. The first-order valence-electron chi connectivity index (χ1n) is 10.3. The van der Waals surface area contributed by atoms with Crippen molar-refractivity contribution in [3.63, 3.8) is 0 Å². The smallest absolute Gasteiger partial charge is 0.275 e. The summed E-state index contributed by atoms with van der Waals surface area (Å²) in [5.41, 5.74) is 1.26. The summed E-state index contributed by atoms with van der Waals surface area (Å²) in [6.45, 7) is 1.61.